The normalized spacial score (nSPS) is 14.7. The summed E-state index contributed by atoms with van der Waals surface area (Å²) >= 11 is 11.7. The van der Waals surface area contributed by atoms with Gasteiger partial charge in [-0.05, 0) is 31.0 Å². The first-order valence-corrected chi connectivity index (χ1v) is 6.81. The third kappa shape index (κ3) is 4.02. The number of amides is 1. The summed E-state index contributed by atoms with van der Waals surface area (Å²) in [5.74, 6) is -0.290. The molecular formula is C13H17Cl2N3O2. The zero-order valence-corrected chi connectivity index (χ0v) is 12.8. The summed E-state index contributed by atoms with van der Waals surface area (Å²) in [4.78, 5) is 12.0. The van der Waals surface area contributed by atoms with Crippen molar-refractivity contribution in [3.63, 3.8) is 0 Å². The number of benzene rings is 1. The van der Waals surface area contributed by atoms with Crippen LogP contribution in [-0.4, -0.2) is 22.5 Å². The highest BCUT2D eigenvalue weighted by Gasteiger charge is 2.29. The summed E-state index contributed by atoms with van der Waals surface area (Å²) in [5, 5.41) is 15.3. The van der Waals surface area contributed by atoms with E-state index in [0.717, 1.165) is 5.56 Å². The van der Waals surface area contributed by atoms with E-state index in [1.807, 2.05) is 6.92 Å². The van der Waals surface area contributed by atoms with E-state index >= 15 is 0 Å². The van der Waals surface area contributed by atoms with E-state index in [2.05, 4.69) is 10.5 Å². The van der Waals surface area contributed by atoms with Crippen LogP contribution in [0.3, 0.4) is 0 Å². The Morgan fingerprint density at radius 1 is 1.45 bits per heavy atom. The molecule has 0 aromatic heterocycles. The van der Waals surface area contributed by atoms with E-state index in [-0.39, 0.29) is 18.2 Å². The predicted molar refractivity (Wildman–Crippen MR) is 80.4 cm³/mol. The smallest absolute Gasteiger partial charge is 0.225 e. The molecule has 1 rings (SSSR count). The van der Waals surface area contributed by atoms with Crippen molar-refractivity contribution in [2.75, 3.05) is 0 Å². The van der Waals surface area contributed by atoms with Gasteiger partial charge >= 0.3 is 0 Å². The number of amidine groups is 1. The number of halogens is 2. The zero-order chi connectivity index (χ0) is 15.3. The molecule has 0 saturated carbocycles. The topological polar surface area (TPSA) is 87.7 Å². The van der Waals surface area contributed by atoms with E-state index in [4.69, 9.17) is 34.1 Å². The lowest BCUT2D eigenvalue weighted by molar-refractivity contribution is -0.121. The summed E-state index contributed by atoms with van der Waals surface area (Å²) in [6, 6.07) is 4.99. The van der Waals surface area contributed by atoms with E-state index < -0.39 is 5.54 Å². The molecule has 0 radical (unpaired) electrons. The molecule has 0 spiro atoms. The third-order valence-corrected chi connectivity index (χ3v) is 3.88. The minimum absolute atomic E-state index is 0.0394. The number of nitrogens with two attached hydrogens (primary N) is 1. The molecule has 110 valence electrons. The van der Waals surface area contributed by atoms with Gasteiger partial charge in [0.1, 0.15) is 0 Å². The highest BCUT2D eigenvalue weighted by molar-refractivity contribution is 6.42. The number of oxime groups is 1. The molecule has 1 amide bonds. The fourth-order valence-electron chi connectivity index (χ4n) is 1.63. The number of nitrogens with zero attached hydrogens (tertiary/aromatic N) is 1. The number of hydrogen-bond donors (Lipinski definition) is 3. The molecule has 0 fully saturated rings. The summed E-state index contributed by atoms with van der Waals surface area (Å²) in [6.07, 6.45) is 0.626. The van der Waals surface area contributed by atoms with Crippen LogP contribution in [-0.2, 0) is 11.2 Å². The minimum atomic E-state index is -0.887. The monoisotopic (exact) mass is 317 g/mol. The summed E-state index contributed by atoms with van der Waals surface area (Å²) in [5.41, 5.74) is 5.44. The summed E-state index contributed by atoms with van der Waals surface area (Å²) in [6.45, 7) is 3.52. The molecule has 1 unspecified atom stereocenters. The van der Waals surface area contributed by atoms with Crippen LogP contribution in [0.15, 0.2) is 23.4 Å². The van der Waals surface area contributed by atoms with Gasteiger partial charge in [-0.3, -0.25) is 4.79 Å². The maximum absolute atomic E-state index is 12.0. The average molecular weight is 318 g/mol. The maximum Gasteiger partial charge on any atom is 0.225 e. The minimum Gasteiger partial charge on any atom is -0.409 e. The Kier molecular flexibility index (Phi) is 5.65. The quantitative estimate of drug-likeness (QED) is 0.337. The molecule has 1 aromatic rings. The Balaban J connectivity index is 2.79. The Bertz CT molecular complexity index is 534. The van der Waals surface area contributed by atoms with E-state index in [0.29, 0.717) is 16.5 Å². The van der Waals surface area contributed by atoms with Gasteiger partial charge in [0.2, 0.25) is 5.91 Å². The molecule has 0 aliphatic heterocycles. The largest absolute Gasteiger partial charge is 0.409 e. The van der Waals surface area contributed by atoms with E-state index in [9.17, 15) is 4.79 Å². The molecule has 0 saturated heterocycles. The first-order valence-electron chi connectivity index (χ1n) is 6.05. The molecular weight excluding hydrogens is 301 g/mol. The number of nitrogens with one attached hydrogen (secondary N) is 1. The van der Waals surface area contributed by atoms with Crippen LogP contribution < -0.4 is 11.1 Å². The van der Waals surface area contributed by atoms with Crippen molar-refractivity contribution in [2.45, 2.75) is 32.2 Å². The van der Waals surface area contributed by atoms with Gasteiger partial charge in [0.15, 0.2) is 5.84 Å². The van der Waals surface area contributed by atoms with Gasteiger partial charge in [0, 0.05) is 0 Å². The number of carbonyl (C=O) groups excluding carboxylic acids is 1. The van der Waals surface area contributed by atoms with Gasteiger partial charge in [-0.25, -0.2) is 0 Å². The van der Waals surface area contributed by atoms with Gasteiger partial charge < -0.3 is 16.3 Å². The fraction of sp³-hybridized carbons (Fsp3) is 0.385. The molecule has 0 aliphatic rings. The molecule has 7 heteroatoms. The fourth-order valence-corrected chi connectivity index (χ4v) is 1.95. The lowest BCUT2D eigenvalue weighted by atomic mass is 9.97. The van der Waals surface area contributed by atoms with Crippen LogP contribution in [0.2, 0.25) is 10.0 Å². The lowest BCUT2D eigenvalue weighted by Gasteiger charge is -2.28. The van der Waals surface area contributed by atoms with Crippen molar-refractivity contribution in [1.29, 1.82) is 0 Å². The van der Waals surface area contributed by atoms with E-state index in [1.165, 1.54) is 0 Å². The van der Waals surface area contributed by atoms with Gasteiger partial charge in [0.05, 0.1) is 22.0 Å². The Labute approximate surface area is 127 Å². The second kappa shape index (κ2) is 6.81. The lowest BCUT2D eigenvalue weighted by Crippen LogP contribution is -2.55. The van der Waals surface area contributed by atoms with Gasteiger partial charge in [-0.1, -0.05) is 41.3 Å². The van der Waals surface area contributed by atoms with Crippen molar-refractivity contribution >= 4 is 34.9 Å². The summed E-state index contributed by atoms with van der Waals surface area (Å²) < 4.78 is 0. The van der Waals surface area contributed by atoms with Gasteiger partial charge in [0.25, 0.3) is 0 Å². The van der Waals surface area contributed by atoms with Gasteiger partial charge in [-0.15, -0.1) is 0 Å². The second-order valence-electron chi connectivity index (χ2n) is 4.64. The Hall–Kier alpha value is -1.46. The van der Waals surface area contributed by atoms with E-state index in [1.54, 1.807) is 25.1 Å². The van der Waals surface area contributed by atoms with Crippen molar-refractivity contribution in [3.05, 3.63) is 33.8 Å². The maximum atomic E-state index is 12.0. The van der Waals surface area contributed by atoms with Gasteiger partial charge in [-0.2, -0.15) is 0 Å². The Morgan fingerprint density at radius 3 is 2.60 bits per heavy atom. The highest BCUT2D eigenvalue weighted by atomic mass is 35.5. The molecule has 20 heavy (non-hydrogen) atoms. The van der Waals surface area contributed by atoms with Crippen LogP contribution in [0, 0.1) is 0 Å². The van der Waals surface area contributed by atoms with Crippen LogP contribution in [0.1, 0.15) is 25.8 Å². The zero-order valence-electron chi connectivity index (χ0n) is 11.3. The molecule has 0 bridgehead atoms. The predicted octanol–water partition coefficient (Wildman–Crippen LogP) is 2.57. The van der Waals surface area contributed by atoms with Crippen molar-refractivity contribution < 1.29 is 10.0 Å². The second-order valence-corrected chi connectivity index (χ2v) is 5.46. The SMILES string of the molecule is CCC(C)(NC(=O)Cc1ccc(Cl)c(Cl)c1)C(N)=NO. The van der Waals surface area contributed by atoms with Crippen molar-refractivity contribution in [1.82, 2.24) is 5.32 Å². The molecule has 0 aliphatic carbocycles. The first kappa shape index (κ1) is 16.6. The molecule has 0 heterocycles. The molecule has 1 aromatic carbocycles. The standard InChI is InChI=1S/C13H17Cl2N3O2/c1-3-13(2,12(16)18-20)17-11(19)7-8-4-5-9(14)10(15)6-8/h4-6,20H,3,7H2,1-2H3,(H2,16,18)(H,17,19). The molecule has 5 nitrogen and oxygen atoms in total. The van der Waals surface area contributed by atoms with Crippen LogP contribution in [0.4, 0.5) is 0 Å². The first-order chi connectivity index (χ1) is 9.32. The Morgan fingerprint density at radius 2 is 2.10 bits per heavy atom. The van der Waals surface area contributed by atoms with Crippen LogP contribution in [0.25, 0.3) is 0 Å². The molecule has 4 N–H and O–H groups in total. The highest BCUT2D eigenvalue weighted by Crippen LogP contribution is 2.23. The molecule has 1 atom stereocenters. The van der Waals surface area contributed by atoms with Crippen LogP contribution in [0.5, 0.6) is 0 Å². The number of rotatable bonds is 5. The van der Waals surface area contributed by atoms with Crippen LogP contribution >= 0.6 is 23.2 Å². The number of hydrogen-bond acceptors (Lipinski definition) is 3. The third-order valence-electron chi connectivity index (χ3n) is 3.14. The average Bonchev–Trinajstić information content (AvgIpc) is 2.41. The number of carbonyl (C=O) groups is 1. The van der Waals surface area contributed by atoms with Crippen molar-refractivity contribution in [3.8, 4) is 0 Å². The van der Waals surface area contributed by atoms with Crippen molar-refractivity contribution in [2.24, 2.45) is 10.9 Å². The summed E-state index contributed by atoms with van der Waals surface area (Å²) in [7, 11) is 0.